The third kappa shape index (κ3) is 1.23. The summed E-state index contributed by atoms with van der Waals surface area (Å²) in [4.78, 5) is 11.2. The minimum Gasteiger partial charge on any atom is -0.298 e. The molecule has 0 amide bonds. The minimum absolute atomic E-state index is 0.0203. The van der Waals surface area contributed by atoms with Crippen LogP contribution in [-0.2, 0) is 4.79 Å². The Kier molecular flexibility index (Phi) is 1.97. The molecule has 1 aliphatic rings. The molecule has 0 aromatic heterocycles. The molecule has 0 saturated heterocycles. The van der Waals surface area contributed by atoms with Crippen LogP contribution < -0.4 is 0 Å². The molecule has 70 valence electrons. The summed E-state index contributed by atoms with van der Waals surface area (Å²) in [6.45, 7) is 3.02. The highest BCUT2D eigenvalue weighted by Crippen LogP contribution is 2.59. The Labute approximate surface area is 68.9 Å². The molecule has 1 fully saturated rings. The Morgan fingerprint density at radius 2 is 1.75 bits per heavy atom. The van der Waals surface area contributed by atoms with E-state index in [1.165, 1.54) is 13.8 Å². The zero-order chi connectivity index (χ0) is 9.57. The normalized spacial score (nSPS) is 21.2. The molecular formula is C8H11F3O. The minimum atomic E-state index is -4.34. The summed E-state index contributed by atoms with van der Waals surface area (Å²) in [6.07, 6.45) is -4.38. The Hall–Kier alpha value is -0.540. The molecule has 0 unspecified atom stereocenters. The van der Waals surface area contributed by atoms with Gasteiger partial charge in [-0.15, -0.1) is 0 Å². The van der Waals surface area contributed by atoms with E-state index in [9.17, 15) is 18.0 Å². The summed E-state index contributed by atoms with van der Waals surface area (Å²) in [7, 11) is 0. The molecule has 12 heavy (non-hydrogen) atoms. The van der Waals surface area contributed by atoms with E-state index in [0.29, 0.717) is 0 Å². The maximum Gasteiger partial charge on any atom is 0.401 e. The summed E-state index contributed by atoms with van der Waals surface area (Å²) in [5.74, 6) is -1.18. The molecule has 0 spiro atoms. The molecule has 1 nitrogen and oxygen atoms in total. The predicted octanol–water partition coefficient (Wildman–Crippen LogP) is 2.55. The first-order valence-electron chi connectivity index (χ1n) is 3.92. The summed E-state index contributed by atoms with van der Waals surface area (Å²) < 4.78 is 36.9. The van der Waals surface area contributed by atoms with E-state index in [2.05, 4.69) is 0 Å². The maximum absolute atomic E-state index is 12.3. The molecule has 1 aliphatic carbocycles. The van der Waals surface area contributed by atoms with E-state index in [0.717, 1.165) is 0 Å². The Morgan fingerprint density at radius 1 is 1.33 bits per heavy atom. The third-order valence-corrected chi connectivity index (χ3v) is 2.29. The molecule has 0 N–H and O–H groups in total. The van der Waals surface area contributed by atoms with Crippen molar-refractivity contribution < 1.29 is 18.0 Å². The number of carbonyl (C=O) groups excluding carboxylic acids is 1. The number of hydrogen-bond donors (Lipinski definition) is 0. The SMILES string of the molecule is CC(C)C(=O)C1(C(F)(F)F)CC1. The van der Waals surface area contributed by atoms with E-state index in [-0.39, 0.29) is 12.8 Å². The third-order valence-electron chi connectivity index (χ3n) is 2.29. The van der Waals surface area contributed by atoms with Crippen molar-refractivity contribution in [3.05, 3.63) is 0 Å². The van der Waals surface area contributed by atoms with Gasteiger partial charge in [0.15, 0.2) is 5.78 Å². The fraction of sp³-hybridized carbons (Fsp3) is 0.875. The van der Waals surface area contributed by atoms with Crippen LogP contribution in [0.5, 0.6) is 0 Å². The monoisotopic (exact) mass is 180 g/mol. The highest BCUT2D eigenvalue weighted by molar-refractivity contribution is 5.89. The molecule has 1 rings (SSSR count). The van der Waals surface area contributed by atoms with Crippen LogP contribution in [0.25, 0.3) is 0 Å². The Balaban J connectivity index is 2.81. The largest absolute Gasteiger partial charge is 0.401 e. The van der Waals surface area contributed by atoms with Crippen LogP contribution in [-0.4, -0.2) is 12.0 Å². The number of Topliss-reactive ketones (excluding diaryl/α,β-unsaturated/α-hetero) is 1. The van der Waals surface area contributed by atoms with Crippen LogP contribution in [0.2, 0.25) is 0 Å². The second-order valence-corrected chi connectivity index (χ2v) is 3.60. The van der Waals surface area contributed by atoms with Gasteiger partial charge in [0.05, 0.1) is 0 Å². The fourth-order valence-corrected chi connectivity index (χ4v) is 1.35. The van der Waals surface area contributed by atoms with Crippen LogP contribution in [0.3, 0.4) is 0 Å². The summed E-state index contributed by atoms with van der Waals surface area (Å²) >= 11 is 0. The van der Waals surface area contributed by atoms with Crippen molar-refractivity contribution >= 4 is 5.78 Å². The molecule has 0 heterocycles. The number of halogens is 3. The van der Waals surface area contributed by atoms with Crippen molar-refractivity contribution in [2.24, 2.45) is 11.3 Å². The first-order valence-corrected chi connectivity index (χ1v) is 3.92. The van der Waals surface area contributed by atoms with Crippen LogP contribution in [0.15, 0.2) is 0 Å². The Bertz CT molecular complexity index is 201. The van der Waals surface area contributed by atoms with Crippen LogP contribution in [0, 0.1) is 11.3 Å². The number of hydrogen-bond acceptors (Lipinski definition) is 1. The molecule has 0 aromatic carbocycles. The molecule has 1 saturated carbocycles. The van der Waals surface area contributed by atoms with E-state index < -0.39 is 23.3 Å². The predicted molar refractivity (Wildman–Crippen MR) is 37.6 cm³/mol. The lowest BCUT2D eigenvalue weighted by Crippen LogP contribution is -2.35. The molecule has 0 bridgehead atoms. The number of ketones is 1. The molecule has 0 atom stereocenters. The van der Waals surface area contributed by atoms with Gasteiger partial charge in [0.25, 0.3) is 0 Å². The molecule has 0 aromatic rings. The lowest BCUT2D eigenvalue weighted by Gasteiger charge is -2.19. The molecule has 4 heteroatoms. The second-order valence-electron chi connectivity index (χ2n) is 3.60. The van der Waals surface area contributed by atoms with Crippen molar-refractivity contribution in [3.63, 3.8) is 0 Å². The Morgan fingerprint density at radius 3 is 1.83 bits per heavy atom. The van der Waals surface area contributed by atoms with Crippen molar-refractivity contribution in [2.75, 3.05) is 0 Å². The van der Waals surface area contributed by atoms with Crippen molar-refractivity contribution in [3.8, 4) is 0 Å². The van der Waals surface area contributed by atoms with Gasteiger partial charge in [0, 0.05) is 5.92 Å². The highest BCUT2D eigenvalue weighted by Gasteiger charge is 2.68. The van der Waals surface area contributed by atoms with E-state index in [4.69, 9.17) is 0 Å². The average Bonchev–Trinajstić information content (AvgIpc) is 2.62. The maximum atomic E-state index is 12.3. The fourth-order valence-electron chi connectivity index (χ4n) is 1.35. The van der Waals surface area contributed by atoms with Gasteiger partial charge >= 0.3 is 6.18 Å². The number of alkyl halides is 3. The van der Waals surface area contributed by atoms with Crippen molar-refractivity contribution in [2.45, 2.75) is 32.9 Å². The molecular weight excluding hydrogens is 169 g/mol. The summed E-state index contributed by atoms with van der Waals surface area (Å²) in [5.41, 5.74) is -1.97. The summed E-state index contributed by atoms with van der Waals surface area (Å²) in [5, 5.41) is 0. The van der Waals surface area contributed by atoms with Gasteiger partial charge in [-0.2, -0.15) is 13.2 Å². The van der Waals surface area contributed by atoms with Gasteiger partial charge < -0.3 is 0 Å². The number of rotatable bonds is 2. The van der Waals surface area contributed by atoms with Gasteiger partial charge in [0.1, 0.15) is 5.41 Å². The topological polar surface area (TPSA) is 17.1 Å². The van der Waals surface area contributed by atoms with Crippen molar-refractivity contribution in [1.82, 2.24) is 0 Å². The lowest BCUT2D eigenvalue weighted by atomic mass is 9.92. The van der Waals surface area contributed by atoms with E-state index in [1.807, 2.05) is 0 Å². The van der Waals surface area contributed by atoms with Crippen molar-refractivity contribution in [1.29, 1.82) is 0 Å². The van der Waals surface area contributed by atoms with Crippen LogP contribution in [0.1, 0.15) is 26.7 Å². The van der Waals surface area contributed by atoms with Crippen LogP contribution in [0.4, 0.5) is 13.2 Å². The van der Waals surface area contributed by atoms with Gasteiger partial charge in [-0.05, 0) is 12.8 Å². The zero-order valence-electron chi connectivity index (χ0n) is 7.03. The van der Waals surface area contributed by atoms with E-state index in [1.54, 1.807) is 0 Å². The van der Waals surface area contributed by atoms with Gasteiger partial charge in [0.2, 0.25) is 0 Å². The highest BCUT2D eigenvalue weighted by atomic mass is 19.4. The lowest BCUT2D eigenvalue weighted by molar-refractivity contribution is -0.192. The molecule has 0 aliphatic heterocycles. The van der Waals surface area contributed by atoms with Gasteiger partial charge in [-0.25, -0.2) is 0 Å². The second kappa shape index (κ2) is 2.47. The van der Waals surface area contributed by atoms with Gasteiger partial charge in [-0.3, -0.25) is 4.79 Å². The standard InChI is InChI=1S/C8H11F3O/c1-5(2)6(12)7(3-4-7)8(9,10)11/h5H,3-4H2,1-2H3. The van der Waals surface area contributed by atoms with Crippen LogP contribution >= 0.6 is 0 Å². The summed E-state index contributed by atoms with van der Waals surface area (Å²) in [6, 6.07) is 0. The average molecular weight is 180 g/mol. The smallest absolute Gasteiger partial charge is 0.298 e. The first-order chi connectivity index (χ1) is 5.31. The number of carbonyl (C=O) groups is 1. The quantitative estimate of drug-likeness (QED) is 0.638. The molecule has 0 radical (unpaired) electrons. The first kappa shape index (κ1) is 9.55. The van der Waals surface area contributed by atoms with Gasteiger partial charge in [-0.1, -0.05) is 13.8 Å². The van der Waals surface area contributed by atoms with E-state index >= 15 is 0 Å². The zero-order valence-corrected chi connectivity index (χ0v) is 7.03.